The average molecular weight is 309 g/mol. The molecule has 0 bridgehead atoms. The van der Waals surface area contributed by atoms with Gasteiger partial charge < -0.3 is 16.0 Å². The largest absolute Gasteiger partial charge is 0.399 e. The van der Waals surface area contributed by atoms with Crippen molar-refractivity contribution in [1.82, 2.24) is 10.2 Å². The first-order valence-corrected chi connectivity index (χ1v) is 8.23. The monoisotopic (exact) mass is 309 g/mol. The fraction of sp³-hybridized carbons (Fsp3) is 0.467. The number of nitrogens with zero attached hydrogens (tertiary/aromatic N) is 1. The van der Waals surface area contributed by atoms with E-state index in [9.17, 15) is 9.59 Å². The Labute approximate surface area is 130 Å². The molecule has 0 aliphatic heterocycles. The van der Waals surface area contributed by atoms with E-state index in [1.165, 1.54) is 0 Å². The van der Waals surface area contributed by atoms with Gasteiger partial charge in [0, 0.05) is 24.3 Å². The molecule has 0 aliphatic rings. The zero-order valence-corrected chi connectivity index (χ0v) is 13.6. The molecular formula is C15H23N3O2S. The summed E-state index contributed by atoms with van der Waals surface area (Å²) < 4.78 is 0. The number of rotatable bonds is 7. The summed E-state index contributed by atoms with van der Waals surface area (Å²) in [5.74, 6) is 0.650. The Morgan fingerprint density at radius 2 is 1.95 bits per heavy atom. The molecule has 6 heteroatoms. The van der Waals surface area contributed by atoms with Crippen LogP contribution in [-0.4, -0.2) is 48.4 Å². The highest BCUT2D eigenvalue weighted by molar-refractivity contribution is 7.98. The number of amides is 2. The third-order valence-electron chi connectivity index (χ3n) is 3.37. The first-order valence-electron chi connectivity index (χ1n) is 6.84. The molecule has 5 nitrogen and oxygen atoms in total. The van der Waals surface area contributed by atoms with Gasteiger partial charge in [0.2, 0.25) is 5.91 Å². The van der Waals surface area contributed by atoms with E-state index in [4.69, 9.17) is 5.73 Å². The predicted octanol–water partition coefficient (Wildman–Crippen LogP) is 1.60. The van der Waals surface area contributed by atoms with Gasteiger partial charge in [0.15, 0.2) is 0 Å². The zero-order valence-electron chi connectivity index (χ0n) is 12.8. The molecule has 0 heterocycles. The summed E-state index contributed by atoms with van der Waals surface area (Å²) in [4.78, 5) is 25.6. The number of nitrogens with one attached hydrogen (secondary N) is 1. The van der Waals surface area contributed by atoms with E-state index in [0.29, 0.717) is 11.3 Å². The van der Waals surface area contributed by atoms with Crippen molar-refractivity contribution < 1.29 is 9.59 Å². The van der Waals surface area contributed by atoms with Crippen LogP contribution in [0.5, 0.6) is 0 Å². The summed E-state index contributed by atoms with van der Waals surface area (Å²) in [6, 6.07) is 6.76. The molecule has 0 spiro atoms. The Bertz CT molecular complexity index is 476. The van der Waals surface area contributed by atoms with Crippen LogP contribution >= 0.6 is 11.8 Å². The molecule has 2 amide bonds. The van der Waals surface area contributed by atoms with Gasteiger partial charge in [-0.15, -0.1) is 0 Å². The lowest BCUT2D eigenvalue weighted by molar-refractivity contribution is -0.130. The topological polar surface area (TPSA) is 75.4 Å². The van der Waals surface area contributed by atoms with Crippen LogP contribution in [0.25, 0.3) is 0 Å². The number of nitrogen functional groups attached to an aromatic ring is 1. The van der Waals surface area contributed by atoms with Crippen molar-refractivity contribution in [3.63, 3.8) is 0 Å². The molecule has 0 saturated carbocycles. The zero-order chi connectivity index (χ0) is 15.8. The molecule has 21 heavy (non-hydrogen) atoms. The molecule has 0 saturated heterocycles. The molecule has 1 atom stereocenters. The van der Waals surface area contributed by atoms with Crippen LogP contribution in [0.2, 0.25) is 0 Å². The Balaban J connectivity index is 2.44. The van der Waals surface area contributed by atoms with Crippen LogP contribution in [0, 0.1) is 0 Å². The SMILES string of the molecule is CSCCC(C)N(C)C(=O)CNC(=O)c1ccc(N)cc1. The maximum atomic E-state index is 12.0. The third kappa shape index (κ3) is 5.67. The Morgan fingerprint density at radius 3 is 2.52 bits per heavy atom. The minimum absolute atomic E-state index is 0.00329. The van der Waals surface area contributed by atoms with Crippen molar-refractivity contribution in [3.8, 4) is 0 Å². The first-order chi connectivity index (χ1) is 9.95. The van der Waals surface area contributed by atoms with Crippen LogP contribution in [0.1, 0.15) is 23.7 Å². The normalized spacial score (nSPS) is 11.8. The molecule has 0 fully saturated rings. The summed E-state index contributed by atoms with van der Waals surface area (Å²) in [6.07, 6.45) is 2.98. The van der Waals surface area contributed by atoms with E-state index in [2.05, 4.69) is 5.32 Å². The van der Waals surface area contributed by atoms with E-state index in [-0.39, 0.29) is 24.4 Å². The average Bonchev–Trinajstić information content (AvgIpc) is 2.49. The minimum Gasteiger partial charge on any atom is -0.399 e. The molecule has 116 valence electrons. The van der Waals surface area contributed by atoms with Crippen LogP contribution in [-0.2, 0) is 4.79 Å². The summed E-state index contributed by atoms with van der Waals surface area (Å²) in [6.45, 7) is 2.01. The minimum atomic E-state index is -0.270. The number of nitrogens with two attached hydrogens (primary N) is 1. The smallest absolute Gasteiger partial charge is 0.251 e. The van der Waals surface area contributed by atoms with Crippen LogP contribution in [0.15, 0.2) is 24.3 Å². The van der Waals surface area contributed by atoms with Gasteiger partial charge in [-0.25, -0.2) is 0 Å². The lowest BCUT2D eigenvalue weighted by atomic mass is 10.2. The second kappa shape index (κ2) is 8.56. The fourth-order valence-electron chi connectivity index (χ4n) is 1.75. The van der Waals surface area contributed by atoms with Crippen molar-refractivity contribution in [2.24, 2.45) is 0 Å². The molecule has 1 aromatic carbocycles. The van der Waals surface area contributed by atoms with Gasteiger partial charge in [-0.2, -0.15) is 11.8 Å². The summed E-state index contributed by atoms with van der Waals surface area (Å²) in [5.41, 5.74) is 6.67. The number of carbonyl (C=O) groups excluding carboxylic acids is 2. The van der Waals surface area contributed by atoms with Gasteiger partial charge in [-0.05, 0) is 49.6 Å². The summed E-state index contributed by atoms with van der Waals surface area (Å²) in [5, 5.41) is 2.63. The van der Waals surface area contributed by atoms with Gasteiger partial charge in [0.25, 0.3) is 5.91 Å². The number of anilines is 1. The quantitative estimate of drug-likeness (QED) is 0.750. The van der Waals surface area contributed by atoms with Crippen molar-refractivity contribution in [1.29, 1.82) is 0 Å². The lowest BCUT2D eigenvalue weighted by Gasteiger charge is -2.25. The van der Waals surface area contributed by atoms with Crippen molar-refractivity contribution in [3.05, 3.63) is 29.8 Å². The van der Waals surface area contributed by atoms with Gasteiger partial charge in [0.05, 0.1) is 6.54 Å². The van der Waals surface area contributed by atoms with Gasteiger partial charge in [-0.1, -0.05) is 0 Å². The van der Waals surface area contributed by atoms with Crippen molar-refractivity contribution in [2.45, 2.75) is 19.4 Å². The number of carbonyl (C=O) groups is 2. The summed E-state index contributed by atoms with van der Waals surface area (Å²) in [7, 11) is 1.77. The molecule has 0 aromatic heterocycles. The second-order valence-electron chi connectivity index (χ2n) is 4.94. The van der Waals surface area contributed by atoms with E-state index in [1.807, 2.05) is 13.2 Å². The number of likely N-dealkylation sites (N-methyl/N-ethyl adjacent to an activating group) is 1. The van der Waals surface area contributed by atoms with E-state index in [0.717, 1.165) is 12.2 Å². The number of thioether (sulfide) groups is 1. The molecule has 0 radical (unpaired) electrons. The number of hydrogen-bond donors (Lipinski definition) is 2. The third-order valence-corrected chi connectivity index (χ3v) is 4.01. The molecule has 1 aromatic rings. The van der Waals surface area contributed by atoms with E-state index < -0.39 is 0 Å². The highest BCUT2D eigenvalue weighted by Crippen LogP contribution is 2.07. The highest BCUT2D eigenvalue weighted by Gasteiger charge is 2.16. The van der Waals surface area contributed by atoms with E-state index >= 15 is 0 Å². The molecule has 1 unspecified atom stereocenters. The van der Waals surface area contributed by atoms with Crippen molar-refractivity contribution in [2.75, 3.05) is 31.3 Å². The Morgan fingerprint density at radius 1 is 1.33 bits per heavy atom. The molecule has 0 aliphatic carbocycles. The van der Waals surface area contributed by atoms with Gasteiger partial charge >= 0.3 is 0 Å². The lowest BCUT2D eigenvalue weighted by Crippen LogP contribution is -2.42. The standard InChI is InChI=1S/C15H23N3O2S/c1-11(8-9-21-3)18(2)14(19)10-17-15(20)12-4-6-13(16)7-5-12/h4-7,11H,8-10,16H2,1-3H3,(H,17,20). The second-order valence-corrected chi connectivity index (χ2v) is 5.93. The Hall–Kier alpha value is -1.69. The molecule has 1 rings (SSSR count). The number of hydrogen-bond acceptors (Lipinski definition) is 4. The number of benzene rings is 1. The fourth-order valence-corrected chi connectivity index (χ4v) is 2.32. The van der Waals surface area contributed by atoms with Crippen molar-refractivity contribution >= 4 is 29.3 Å². The summed E-state index contributed by atoms with van der Waals surface area (Å²) >= 11 is 1.76. The van der Waals surface area contributed by atoms with Gasteiger partial charge in [-0.3, -0.25) is 9.59 Å². The van der Waals surface area contributed by atoms with Crippen LogP contribution < -0.4 is 11.1 Å². The highest BCUT2D eigenvalue weighted by atomic mass is 32.2. The van der Waals surface area contributed by atoms with Crippen LogP contribution in [0.4, 0.5) is 5.69 Å². The van der Waals surface area contributed by atoms with Crippen LogP contribution in [0.3, 0.4) is 0 Å². The van der Waals surface area contributed by atoms with Gasteiger partial charge in [0.1, 0.15) is 0 Å². The molecular weight excluding hydrogens is 286 g/mol. The first kappa shape index (κ1) is 17.4. The maximum absolute atomic E-state index is 12.0. The Kier molecular flexibility index (Phi) is 7.08. The maximum Gasteiger partial charge on any atom is 0.251 e. The predicted molar refractivity (Wildman–Crippen MR) is 88.4 cm³/mol. The van der Waals surface area contributed by atoms with E-state index in [1.54, 1.807) is 48.0 Å². The molecule has 3 N–H and O–H groups in total.